The van der Waals surface area contributed by atoms with Gasteiger partial charge in [0.1, 0.15) is 13.2 Å². The molecule has 2 N–H and O–H groups in total. The number of rotatable bonds is 38. The quantitative estimate of drug-likeness (QED) is 0.0279. The number of quaternary nitrogens is 1. The van der Waals surface area contributed by atoms with Crippen LogP contribution in [0.5, 0.6) is 0 Å². The van der Waals surface area contributed by atoms with Gasteiger partial charge >= 0.3 is 0 Å². The van der Waals surface area contributed by atoms with Crippen LogP contribution in [0.2, 0.25) is 0 Å². The van der Waals surface area contributed by atoms with Gasteiger partial charge < -0.3 is 28.8 Å². The van der Waals surface area contributed by atoms with Gasteiger partial charge in [0, 0.05) is 6.42 Å². The number of allylic oxidation sites excluding steroid dienone is 11. The van der Waals surface area contributed by atoms with Gasteiger partial charge in [0.05, 0.1) is 39.9 Å². The number of likely N-dealkylation sites (N-methyl/N-ethyl adjacent to an activating group) is 1. The Bertz CT molecular complexity index is 1120. The number of aliphatic hydroxyl groups excluding tert-OH is 1. The van der Waals surface area contributed by atoms with Crippen molar-refractivity contribution < 1.29 is 32.9 Å². The van der Waals surface area contributed by atoms with Crippen molar-refractivity contribution in [2.24, 2.45) is 0 Å². The lowest BCUT2D eigenvalue weighted by Crippen LogP contribution is -2.45. The van der Waals surface area contributed by atoms with Crippen LogP contribution in [0, 0.1) is 0 Å². The smallest absolute Gasteiger partial charge is 0.268 e. The number of phosphoric acid groups is 1. The number of phosphoric ester groups is 1. The fourth-order valence-electron chi connectivity index (χ4n) is 5.71. The van der Waals surface area contributed by atoms with E-state index in [4.69, 9.17) is 9.05 Å². The van der Waals surface area contributed by atoms with Crippen LogP contribution in [0.25, 0.3) is 0 Å². The van der Waals surface area contributed by atoms with Gasteiger partial charge in [-0.05, 0) is 64.2 Å². The monoisotopic (exact) mass is 791 g/mol. The van der Waals surface area contributed by atoms with E-state index < -0.39 is 26.6 Å². The molecule has 8 nitrogen and oxygen atoms in total. The maximum atomic E-state index is 12.8. The highest BCUT2D eigenvalue weighted by molar-refractivity contribution is 7.45. The molecular weight excluding hydrogens is 707 g/mol. The van der Waals surface area contributed by atoms with E-state index in [2.05, 4.69) is 79.9 Å². The highest BCUT2D eigenvalue weighted by atomic mass is 31.2. The molecule has 0 aliphatic carbocycles. The van der Waals surface area contributed by atoms with Crippen molar-refractivity contribution in [2.45, 2.75) is 174 Å². The standard InChI is InChI=1S/C46H83N2O6P/c1-6-8-10-12-14-16-18-20-21-22-23-24-25-26-27-28-30-32-34-36-38-40-46(50)47-44(43-54-55(51,52)53-42-41-48(3,4)5)45(49)39-37-35-33-31-29-19-17-15-13-11-9-7-2/h8,10,14,16,20-21,23-24,26-27,37,39,44-45,49H,6-7,9,11-13,15,17-19,22,25,28-36,38,40-43H2,1-5H3,(H-,47,50,51,52)/b10-8-,16-14-,21-20-,24-23-,27-26-,39-37+. The second kappa shape index (κ2) is 37.5. The van der Waals surface area contributed by atoms with Gasteiger partial charge in [-0.2, -0.15) is 0 Å². The third kappa shape index (κ3) is 40.0. The van der Waals surface area contributed by atoms with Crippen molar-refractivity contribution in [1.29, 1.82) is 0 Å². The van der Waals surface area contributed by atoms with Gasteiger partial charge in [0.2, 0.25) is 5.91 Å². The van der Waals surface area contributed by atoms with Gasteiger partial charge in [-0.3, -0.25) is 9.36 Å². The topological polar surface area (TPSA) is 108 Å². The molecule has 1 amide bonds. The Balaban J connectivity index is 4.45. The van der Waals surface area contributed by atoms with E-state index in [1.54, 1.807) is 6.08 Å². The SMILES string of the molecule is CC/C=C\C/C=C\C/C=C\C/C=C\C/C=C\CCCCCCCC(=O)NC(COP(=O)([O-])OCC[N+](C)(C)C)C(O)/C=C/CCCCCCCCCCCC. The Morgan fingerprint density at radius 3 is 1.62 bits per heavy atom. The van der Waals surface area contributed by atoms with Crippen LogP contribution in [0.3, 0.4) is 0 Å². The van der Waals surface area contributed by atoms with Crippen LogP contribution in [0.4, 0.5) is 0 Å². The summed E-state index contributed by atoms with van der Waals surface area (Å²) in [6.45, 7) is 4.48. The maximum absolute atomic E-state index is 12.8. The summed E-state index contributed by atoms with van der Waals surface area (Å²) in [6.07, 6.45) is 49.4. The second-order valence-corrected chi connectivity index (χ2v) is 17.1. The summed E-state index contributed by atoms with van der Waals surface area (Å²) in [5, 5.41) is 13.7. The Hall–Kier alpha value is -2.06. The lowest BCUT2D eigenvalue weighted by molar-refractivity contribution is -0.870. The second-order valence-electron chi connectivity index (χ2n) is 15.7. The van der Waals surface area contributed by atoms with Crippen molar-refractivity contribution in [3.05, 3.63) is 72.9 Å². The number of nitrogens with zero attached hydrogens (tertiary/aromatic N) is 1. The summed E-state index contributed by atoms with van der Waals surface area (Å²) in [5.74, 6) is -0.221. The summed E-state index contributed by atoms with van der Waals surface area (Å²) in [5.41, 5.74) is 0. The maximum Gasteiger partial charge on any atom is 0.268 e. The van der Waals surface area contributed by atoms with Gasteiger partial charge in [0.15, 0.2) is 0 Å². The molecule has 9 heteroatoms. The molecule has 0 aliphatic heterocycles. The lowest BCUT2D eigenvalue weighted by atomic mass is 10.1. The normalized spacial score (nSPS) is 15.1. The number of hydrogen-bond donors (Lipinski definition) is 2. The molecule has 3 atom stereocenters. The van der Waals surface area contributed by atoms with Gasteiger partial charge in [-0.15, -0.1) is 0 Å². The molecule has 0 aromatic rings. The van der Waals surface area contributed by atoms with Crippen LogP contribution in [-0.2, 0) is 18.4 Å². The van der Waals surface area contributed by atoms with Crippen molar-refractivity contribution >= 4 is 13.7 Å². The van der Waals surface area contributed by atoms with Crippen LogP contribution in [0.1, 0.15) is 162 Å². The van der Waals surface area contributed by atoms with Crippen molar-refractivity contribution in [2.75, 3.05) is 40.9 Å². The summed E-state index contributed by atoms with van der Waals surface area (Å²) in [7, 11) is 1.23. The predicted molar refractivity (Wildman–Crippen MR) is 233 cm³/mol. The Labute approximate surface area is 338 Å². The summed E-state index contributed by atoms with van der Waals surface area (Å²) in [4.78, 5) is 25.3. The zero-order valence-electron chi connectivity index (χ0n) is 35.9. The summed E-state index contributed by atoms with van der Waals surface area (Å²) in [6, 6.07) is -0.899. The number of hydrogen-bond acceptors (Lipinski definition) is 6. The molecule has 0 aromatic heterocycles. The summed E-state index contributed by atoms with van der Waals surface area (Å²) < 4.78 is 23.1. The molecular formula is C46H83N2O6P. The van der Waals surface area contributed by atoms with E-state index in [0.29, 0.717) is 17.4 Å². The fraction of sp³-hybridized carbons (Fsp3) is 0.717. The van der Waals surface area contributed by atoms with Crippen LogP contribution >= 0.6 is 7.82 Å². The van der Waals surface area contributed by atoms with E-state index in [0.717, 1.165) is 89.9 Å². The minimum absolute atomic E-state index is 0.00899. The molecule has 0 spiro atoms. The first-order valence-corrected chi connectivity index (χ1v) is 23.3. The molecule has 0 heterocycles. The number of unbranched alkanes of at least 4 members (excludes halogenated alkanes) is 15. The van der Waals surface area contributed by atoms with E-state index in [1.165, 1.54) is 51.4 Å². The van der Waals surface area contributed by atoms with Gasteiger partial charge in [-0.1, -0.05) is 164 Å². The molecule has 0 saturated carbocycles. The average molecular weight is 791 g/mol. The molecule has 0 aromatic carbocycles. The van der Waals surface area contributed by atoms with E-state index in [9.17, 15) is 19.4 Å². The minimum Gasteiger partial charge on any atom is -0.756 e. The highest BCUT2D eigenvalue weighted by Crippen LogP contribution is 2.38. The fourth-order valence-corrected chi connectivity index (χ4v) is 6.43. The number of carbonyl (C=O) groups is 1. The van der Waals surface area contributed by atoms with Gasteiger partial charge in [-0.25, -0.2) is 0 Å². The summed E-state index contributed by atoms with van der Waals surface area (Å²) >= 11 is 0. The molecule has 0 saturated heterocycles. The zero-order valence-corrected chi connectivity index (χ0v) is 36.7. The number of amides is 1. The Morgan fingerprint density at radius 2 is 1.11 bits per heavy atom. The van der Waals surface area contributed by atoms with Crippen molar-refractivity contribution in [3.63, 3.8) is 0 Å². The van der Waals surface area contributed by atoms with Crippen LogP contribution in [0.15, 0.2) is 72.9 Å². The molecule has 0 bridgehead atoms. The predicted octanol–water partition coefficient (Wildman–Crippen LogP) is 11.4. The third-order valence-corrected chi connectivity index (χ3v) is 10.1. The first kappa shape index (κ1) is 52.9. The van der Waals surface area contributed by atoms with Gasteiger partial charge in [0.25, 0.3) is 7.82 Å². The molecule has 0 radical (unpaired) electrons. The molecule has 0 rings (SSSR count). The lowest BCUT2D eigenvalue weighted by Gasteiger charge is -2.29. The highest BCUT2D eigenvalue weighted by Gasteiger charge is 2.23. The molecule has 0 fully saturated rings. The minimum atomic E-state index is -4.59. The van der Waals surface area contributed by atoms with Crippen molar-refractivity contribution in [3.8, 4) is 0 Å². The van der Waals surface area contributed by atoms with E-state index in [1.807, 2.05) is 27.2 Å². The van der Waals surface area contributed by atoms with E-state index in [-0.39, 0.29) is 12.5 Å². The first-order valence-electron chi connectivity index (χ1n) is 21.8. The van der Waals surface area contributed by atoms with Crippen LogP contribution in [-0.4, -0.2) is 68.5 Å². The Kier molecular flexibility index (Phi) is 36.1. The molecule has 55 heavy (non-hydrogen) atoms. The number of aliphatic hydroxyl groups is 1. The largest absolute Gasteiger partial charge is 0.756 e. The van der Waals surface area contributed by atoms with E-state index >= 15 is 0 Å². The number of carbonyl (C=O) groups excluding carboxylic acids is 1. The number of nitrogens with one attached hydrogen (secondary N) is 1. The van der Waals surface area contributed by atoms with Crippen molar-refractivity contribution in [1.82, 2.24) is 5.32 Å². The first-order chi connectivity index (χ1) is 26.5. The Morgan fingerprint density at radius 1 is 0.655 bits per heavy atom. The molecule has 3 unspecified atom stereocenters. The zero-order chi connectivity index (χ0) is 40.7. The molecule has 318 valence electrons. The third-order valence-electron chi connectivity index (χ3n) is 9.17. The average Bonchev–Trinajstić information content (AvgIpc) is 3.13. The molecule has 0 aliphatic rings. The van der Waals surface area contributed by atoms with Crippen LogP contribution < -0.4 is 10.2 Å².